The molecule has 29 heavy (non-hydrogen) atoms. The first kappa shape index (κ1) is 23.7. The van der Waals surface area contributed by atoms with Crippen LogP contribution in [0.2, 0.25) is 0 Å². The summed E-state index contributed by atoms with van der Waals surface area (Å²) in [5.74, 6) is 0.520. The Hall–Kier alpha value is -1.62. The summed E-state index contributed by atoms with van der Waals surface area (Å²) in [6.07, 6.45) is 7.22. The number of thiophene rings is 1. The van der Waals surface area contributed by atoms with E-state index in [4.69, 9.17) is 9.47 Å². The third kappa shape index (κ3) is 5.71. The maximum Gasteiger partial charge on any atom is 0.338 e. The monoisotopic (exact) mass is 420 g/mol. The first-order valence-electron chi connectivity index (χ1n) is 10.7. The van der Waals surface area contributed by atoms with Gasteiger partial charge in [0.2, 0.25) is 0 Å². The standard InChI is InChI=1S/C24H36O4S/c1-8-18(21-15(3)20(14-29-21)22(25)27-7)16-10-12-17(13-11-16)19(9-2)23(26)28-24(4,5)6/h8,14,16-17,19H,9-13H2,1-7H3. The molecular weight excluding hydrogens is 384 g/mol. The van der Waals surface area contributed by atoms with E-state index in [1.807, 2.05) is 33.1 Å². The van der Waals surface area contributed by atoms with E-state index in [-0.39, 0.29) is 17.9 Å². The van der Waals surface area contributed by atoms with Gasteiger partial charge < -0.3 is 9.47 Å². The van der Waals surface area contributed by atoms with Gasteiger partial charge in [0.15, 0.2) is 0 Å². The molecule has 1 fully saturated rings. The van der Waals surface area contributed by atoms with E-state index >= 15 is 0 Å². The van der Waals surface area contributed by atoms with Crippen molar-refractivity contribution in [3.05, 3.63) is 27.5 Å². The second-order valence-corrected chi connectivity index (χ2v) is 9.88. The zero-order chi connectivity index (χ0) is 21.8. The van der Waals surface area contributed by atoms with Gasteiger partial charge >= 0.3 is 11.9 Å². The quantitative estimate of drug-likeness (QED) is 0.498. The molecule has 1 unspecified atom stereocenters. The Kier molecular flexibility index (Phi) is 8.10. The van der Waals surface area contributed by atoms with Crippen molar-refractivity contribution in [1.29, 1.82) is 0 Å². The van der Waals surface area contributed by atoms with Crippen molar-refractivity contribution in [2.75, 3.05) is 7.11 Å². The van der Waals surface area contributed by atoms with Crippen LogP contribution in [-0.4, -0.2) is 24.6 Å². The average Bonchev–Trinajstić information content (AvgIpc) is 3.03. The van der Waals surface area contributed by atoms with Crippen molar-refractivity contribution in [2.24, 2.45) is 17.8 Å². The fraction of sp³-hybridized carbons (Fsp3) is 0.667. The van der Waals surface area contributed by atoms with Gasteiger partial charge in [-0.25, -0.2) is 4.79 Å². The minimum Gasteiger partial charge on any atom is -0.465 e. The average molecular weight is 421 g/mol. The summed E-state index contributed by atoms with van der Waals surface area (Å²) in [5.41, 5.74) is 2.56. The Morgan fingerprint density at radius 1 is 1.24 bits per heavy atom. The largest absolute Gasteiger partial charge is 0.465 e. The van der Waals surface area contributed by atoms with Gasteiger partial charge in [-0.2, -0.15) is 0 Å². The molecule has 1 saturated carbocycles. The van der Waals surface area contributed by atoms with Crippen LogP contribution >= 0.6 is 11.3 Å². The molecule has 1 aromatic rings. The zero-order valence-corrected chi connectivity index (χ0v) is 19.8. The lowest BCUT2D eigenvalue weighted by Crippen LogP contribution is -2.34. The van der Waals surface area contributed by atoms with E-state index in [0.29, 0.717) is 17.4 Å². The van der Waals surface area contributed by atoms with Gasteiger partial charge in [0.05, 0.1) is 18.6 Å². The van der Waals surface area contributed by atoms with Crippen LogP contribution in [0.5, 0.6) is 0 Å². The minimum absolute atomic E-state index is 0.0152. The number of hydrogen-bond donors (Lipinski definition) is 0. The van der Waals surface area contributed by atoms with E-state index in [1.165, 1.54) is 17.6 Å². The smallest absolute Gasteiger partial charge is 0.338 e. The second-order valence-electron chi connectivity index (χ2n) is 9.00. The Morgan fingerprint density at radius 3 is 2.34 bits per heavy atom. The fourth-order valence-electron chi connectivity index (χ4n) is 4.47. The van der Waals surface area contributed by atoms with Gasteiger partial charge in [-0.3, -0.25) is 4.79 Å². The number of allylic oxidation sites excluding steroid dienone is 2. The van der Waals surface area contributed by atoms with Crippen molar-refractivity contribution in [3.63, 3.8) is 0 Å². The molecule has 0 bridgehead atoms. The summed E-state index contributed by atoms with van der Waals surface area (Å²) in [6.45, 7) is 12.0. The number of carbonyl (C=O) groups excluding carboxylic acids is 2. The number of rotatable bonds is 6. The summed E-state index contributed by atoms with van der Waals surface area (Å²) >= 11 is 1.63. The lowest BCUT2D eigenvalue weighted by Gasteiger charge is -2.34. The molecule has 0 aliphatic heterocycles. The van der Waals surface area contributed by atoms with Crippen molar-refractivity contribution < 1.29 is 19.1 Å². The Morgan fingerprint density at radius 2 is 1.86 bits per heavy atom. The van der Waals surface area contributed by atoms with Crippen molar-refractivity contribution >= 4 is 28.8 Å². The van der Waals surface area contributed by atoms with Crippen LogP contribution < -0.4 is 0 Å². The van der Waals surface area contributed by atoms with E-state index in [0.717, 1.165) is 37.7 Å². The number of carbonyl (C=O) groups is 2. The third-order valence-corrected chi connectivity index (χ3v) is 7.08. The molecule has 0 spiro atoms. The number of methoxy groups -OCH3 is 1. The Bertz CT molecular complexity index is 745. The molecule has 4 nitrogen and oxygen atoms in total. The van der Waals surface area contributed by atoms with Crippen LogP contribution in [0.4, 0.5) is 0 Å². The van der Waals surface area contributed by atoms with Crippen molar-refractivity contribution in [3.8, 4) is 0 Å². The van der Waals surface area contributed by atoms with Gasteiger partial charge in [-0.1, -0.05) is 13.0 Å². The molecule has 162 valence electrons. The van der Waals surface area contributed by atoms with E-state index in [9.17, 15) is 9.59 Å². The molecule has 0 amide bonds. The zero-order valence-electron chi connectivity index (χ0n) is 19.0. The normalized spacial score (nSPS) is 21.6. The van der Waals surface area contributed by atoms with Gasteiger partial charge in [-0.05, 0) is 89.7 Å². The van der Waals surface area contributed by atoms with Crippen LogP contribution in [0, 0.1) is 24.7 Å². The van der Waals surface area contributed by atoms with Crippen molar-refractivity contribution in [2.45, 2.75) is 79.2 Å². The first-order valence-corrected chi connectivity index (χ1v) is 11.6. The molecule has 2 rings (SSSR count). The summed E-state index contributed by atoms with van der Waals surface area (Å²) < 4.78 is 10.6. The molecule has 5 heteroatoms. The van der Waals surface area contributed by atoms with E-state index in [1.54, 1.807) is 11.3 Å². The molecule has 0 aromatic carbocycles. The van der Waals surface area contributed by atoms with Gasteiger partial charge in [0, 0.05) is 10.3 Å². The summed E-state index contributed by atoms with van der Waals surface area (Å²) in [7, 11) is 1.42. The van der Waals surface area contributed by atoms with Crippen LogP contribution in [0.1, 0.15) is 87.5 Å². The van der Waals surface area contributed by atoms with Gasteiger partial charge in [0.25, 0.3) is 0 Å². The molecular formula is C24H36O4S. The molecule has 1 atom stereocenters. The Labute approximate surface area is 179 Å². The SMILES string of the molecule is CC=C(c1scc(C(=O)OC)c1C)C1CCC(C(CC)C(=O)OC(C)(C)C)CC1. The van der Waals surface area contributed by atoms with E-state index < -0.39 is 5.60 Å². The predicted molar refractivity (Wildman–Crippen MR) is 119 cm³/mol. The van der Waals surface area contributed by atoms with E-state index in [2.05, 4.69) is 19.9 Å². The summed E-state index contributed by atoms with van der Waals surface area (Å²) in [6, 6.07) is 0. The Balaban J connectivity index is 2.08. The fourth-order valence-corrected chi connectivity index (χ4v) is 5.68. The highest BCUT2D eigenvalue weighted by Crippen LogP contribution is 2.43. The lowest BCUT2D eigenvalue weighted by atomic mass is 9.72. The predicted octanol–water partition coefficient (Wildman–Crippen LogP) is 6.42. The lowest BCUT2D eigenvalue weighted by molar-refractivity contribution is -0.162. The van der Waals surface area contributed by atoms with Gasteiger partial charge in [-0.15, -0.1) is 11.3 Å². The minimum atomic E-state index is -0.437. The van der Waals surface area contributed by atoms with Crippen LogP contribution in [0.15, 0.2) is 11.5 Å². The molecule has 0 radical (unpaired) electrons. The molecule has 1 aliphatic rings. The maximum absolute atomic E-state index is 12.6. The molecule has 0 saturated heterocycles. The summed E-state index contributed by atoms with van der Waals surface area (Å²) in [5, 5.41) is 1.90. The first-order chi connectivity index (χ1) is 13.6. The highest BCUT2D eigenvalue weighted by molar-refractivity contribution is 7.11. The van der Waals surface area contributed by atoms with Crippen LogP contribution in [0.25, 0.3) is 5.57 Å². The highest BCUT2D eigenvalue weighted by atomic mass is 32.1. The van der Waals surface area contributed by atoms with Crippen LogP contribution in [-0.2, 0) is 14.3 Å². The second kappa shape index (κ2) is 9.92. The third-order valence-electron chi connectivity index (χ3n) is 5.95. The topological polar surface area (TPSA) is 52.6 Å². The molecule has 0 N–H and O–H groups in total. The number of esters is 2. The maximum atomic E-state index is 12.6. The molecule has 1 aromatic heterocycles. The number of ether oxygens (including phenoxy) is 2. The van der Waals surface area contributed by atoms with Crippen LogP contribution in [0.3, 0.4) is 0 Å². The highest BCUT2D eigenvalue weighted by Gasteiger charge is 2.35. The summed E-state index contributed by atoms with van der Waals surface area (Å²) in [4.78, 5) is 25.8. The van der Waals surface area contributed by atoms with Gasteiger partial charge in [0.1, 0.15) is 5.60 Å². The molecule has 1 heterocycles. The van der Waals surface area contributed by atoms with Crippen molar-refractivity contribution in [1.82, 2.24) is 0 Å². The number of hydrogen-bond acceptors (Lipinski definition) is 5. The molecule has 1 aliphatic carbocycles.